The molecule has 2 aliphatic rings. The van der Waals surface area contributed by atoms with Gasteiger partial charge in [0.15, 0.2) is 0 Å². The number of nitrogens with zero attached hydrogens (tertiary/aromatic N) is 1. The monoisotopic (exact) mass is 301 g/mol. The van der Waals surface area contributed by atoms with Gasteiger partial charge >= 0.3 is 0 Å². The van der Waals surface area contributed by atoms with Gasteiger partial charge < -0.3 is 10.0 Å². The van der Waals surface area contributed by atoms with Crippen molar-refractivity contribution in [2.24, 2.45) is 5.92 Å². The van der Waals surface area contributed by atoms with Gasteiger partial charge in [-0.1, -0.05) is 50.1 Å². The van der Waals surface area contributed by atoms with Crippen LogP contribution in [-0.4, -0.2) is 34.6 Å². The summed E-state index contributed by atoms with van der Waals surface area (Å²) in [4.78, 5) is 14.5. The Labute approximate surface area is 133 Å². The number of likely N-dealkylation sites (tertiary alicyclic amines) is 1. The van der Waals surface area contributed by atoms with Gasteiger partial charge in [-0.2, -0.15) is 0 Å². The first kappa shape index (κ1) is 15.5. The lowest BCUT2D eigenvalue weighted by Gasteiger charge is -2.38. The molecule has 1 heterocycles. The fraction of sp³-hybridized carbons (Fsp3) is 0.632. The molecule has 1 saturated carbocycles. The molecule has 0 radical (unpaired) electrons. The summed E-state index contributed by atoms with van der Waals surface area (Å²) in [6, 6.07) is 10.6. The van der Waals surface area contributed by atoms with Crippen LogP contribution in [0, 0.1) is 5.92 Å². The van der Waals surface area contributed by atoms with E-state index >= 15 is 0 Å². The van der Waals surface area contributed by atoms with Crippen molar-refractivity contribution in [3.63, 3.8) is 0 Å². The maximum Gasteiger partial charge on any atom is 0.225 e. The average molecular weight is 301 g/mol. The maximum atomic E-state index is 12.5. The van der Waals surface area contributed by atoms with Crippen LogP contribution >= 0.6 is 0 Å². The molecular formula is C19H27NO2. The lowest BCUT2D eigenvalue weighted by molar-refractivity contribution is -0.138. The third-order valence-corrected chi connectivity index (χ3v) is 5.50. The summed E-state index contributed by atoms with van der Waals surface area (Å²) in [5.41, 5.74) is 0.660. The van der Waals surface area contributed by atoms with E-state index in [9.17, 15) is 9.90 Å². The molecule has 2 atom stereocenters. The predicted octanol–water partition coefficient (Wildman–Crippen LogP) is 3.33. The Kier molecular flexibility index (Phi) is 4.53. The molecule has 1 amide bonds. The Bertz CT molecular complexity index is 507. The second kappa shape index (κ2) is 6.41. The number of carbonyl (C=O) groups is 1. The molecule has 0 bridgehead atoms. The number of rotatable bonds is 3. The third-order valence-electron chi connectivity index (χ3n) is 5.50. The molecule has 1 N–H and O–H groups in total. The van der Waals surface area contributed by atoms with Gasteiger partial charge in [0.25, 0.3) is 0 Å². The van der Waals surface area contributed by atoms with Crippen molar-refractivity contribution < 1.29 is 9.90 Å². The standard InChI is InChI=1S/C19H27NO2/c1-15-14-20(18(21)13-19(22)10-5-6-11-19)12-9-17(15)16-7-3-2-4-8-16/h2-4,7-8,15,17,22H,5-6,9-14H2,1H3. The Morgan fingerprint density at radius 2 is 1.95 bits per heavy atom. The lowest BCUT2D eigenvalue weighted by atomic mass is 9.81. The Balaban J connectivity index is 1.59. The number of carbonyl (C=O) groups excluding carboxylic acids is 1. The molecule has 0 aromatic heterocycles. The van der Waals surface area contributed by atoms with Gasteiger partial charge in [0.2, 0.25) is 5.91 Å². The Hall–Kier alpha value is -1.35. The second-order valence-corrected chi connectivity index (χ2v) is 7.23. The van der Waals surface area contributed by atoms with E-state index in [0.29, 0.717) is 18.3 Å². The summed E-state index contributed by atoms with van der Waals surface area (Å²) in [6.45, 7) is 3.87. The van der Waals surface area contributed by atoms with Crippen LogP contribution in [0.3, 0.4) is 0 Å². The molecule has 2 fully saturated rings. The lowest BCUT2D eigenvalue weighted by Crippen LogP contribution is -2.44. The molecule has 1 saturated heterocycles. The smallest absolute Gasteiger partial charge is 0.225 e. The average Bonchev–Trinajstić information content (AvgIpc) is 2.94. The van der Waals surface area contributed by atoms with Crippen molar-refractivity contribution in [1.29, 1.82) is 0 Å². The molecule has 22 heavy (non-hydrogen) atoms. The second-order valence-electron chi connectivity index (χ2n) is 7.23. The van der Waals surface area contributed by atoms with Crippen molar-refractivity contribution >= 4 is 5.91 Å². The van der Waals surface area contributed by atoms with Crippen LogP contribution in [0.15, 0.2) is 30.3 Å². The number of aliphatic hydroxyl groups is 1. The van der Waals surface area contributed by atoms with Crippen LogP contribution in [0.5, 0.6) is 0 Å². The molecular weight excluding hydrogens is 274 g/mol. The quantitative estimate of drug-likeness (QED) is 0.930. The molecule has 2 unspecified atom stereocenters. The number of piperidine rings is 1. The number of amides is 1. The van der Waals surface area contributed by atoms with Crippen molar-refractivity contribution in [2.75, 3.05) is 13.1 Å². The normalized spacial score (nSPS) is 27.8. The van der Waals surface area contributed by atoms with Crippen LogP contribution in [0.1, 0.15) is 56.9 Å². The largest absolute Gasteiger partial charge is 0.389 e. The van der Waals surface area contributed by atoms with E-state index in [1.54, 1.807) is 0 Å². The van der Waals surface area contributed by atoms with Crippen molar-refractivity contribution in [1.82, 2.24) is 4.90 Å². The molecule has 1 aromatic rings. The van der Waals surface area contributed by atoms with E-state index in [4.69, 9.17) is 0 Å². The molecule has 3 rings (SSSR count). The van der Waals surface area contributed by atoms with E-state index in [0.717, 1.165) is 45.2 Å². The van der Waals surface area contributed by atoms with E-state index in [-0.39, 0.29) is 5.91 Å². The van der Waals surface area contributed by atoms with Gasteiger partial charge in [0, 0.05) is 13.1 Å². The van der Waals surface area contributed by atoms with Gasteiger partial charge in [0.1, 0.15) is 0 Å². The summed E-state index contributed by atoms with van der Waals surface area (Å²) in [7, 11) is 0. The first-order valence-corrected chi connectivity index (χ1v) is 8.62. The summed E-state index contributed by atoms with van der Waals surface area (Å²) in [6.07, 6.45) is 5.02. The van der Waals surface area contributed by atoms with E-state index < -0.39 is 5.60 Å². The minimum Gasteiger partial charge on any atom is -0.389 e. The van der Waals surface area contributed by atoms with E-state index in [2.05, 4.69) is 37.3 Å². The number of benzene rings is 1. The minimum absolute atomic E-state index is 0.141. The molecule has 3 nitrogen and oxygen atoms in total. The Morgan fingerprint density at radius 3 is 2.59 bits per heavy atom. The summed E-state index contributed by atoms with van der Waals surface area (Å²) >= 11 is 0. The SMILES string of the molecule is CC1CN(C(=O)CC2(O)CCCC2)CCC1c1ccccc1. The molecule has 120 valence electrons. The molecule has 1 aliphatic heterocycles. The molecule has 3 heteroatoms. The third kappa shape index (κ3) is 3.35. The molecule has 1 aliphatic carbocycles. The number of hydrogen-bond acceptors (Lipinski definition) is 2. The first-order valence-electron chi connectivity index (χ1n) is 8.62. The van der Waals surface area contributed by atoms with Crippen LogP contribution in [0.2, 0.25) is 0 Å². The predicted molar refractivity (Wildman–Crippen MR) is 87.6 cm³/mol. The van der Waals surface area contributed by atoms with Gasteiger partial charge in [0.05, 0.1) is 12.0 Å². The highest BCUT2D eigenvalue weighted by Gasteiger charge is 2.37. The maximum absolute atomic E-state index is 12.5. The van der Waals surface area contributed by atoms with Crippen LogP contribution in [0.25, 0.3) is 0 Å². The van der Waals surface area contributed by atoms with Crippen molar-refractivity contribution in [3.8, 4) is 0 Å². The van der Waals surface area contributed by atoms with Crippen LogP contribution < -0.4 is 0 Å². The van der Waals surface area contributed by atoms with Crippen LogP contribution in [0.4, 0.5) is 0 Å². The summed E-state index contributed by atoms with van der Waals surface area (Å²) in [5.74, 6) is 1.15. The minimum atomic E-state index is -0.726. The van der Waals surface area contributed by atoms with Gasteiger partial charge in [-0.3, -0.25) is 4.79 Å². The topological polar surface area (TPSA) is 40.5 Å². The highest BCUT2D eigenvalue weighted by molar-refractivity contribution is 5.77. The fourth-order valence-electron chi connectivity index (χ4n) is 4.17. The zero-order chi connectivity index (χ0) is 15.6. The van der Waals surface area contributed by atoms with Gasteiger partial charge in [-0.25, -0.2) is 0 Å². The zero-order valence-corrected chi connectivity index (χ0v) is 13.5. The molecule has 1 aromatic carbocycles. The summed E-state index contributed by atoms with van der Waals surface area (Å²) in [5, 5.41) is 10.4. The Morgan fingerprint density at radius 1 is 1.27 bits per heavy atom. The summed E-state index contributed by atoms with van der Waals surface area (Å²) < 4.78 is 0. The van der Waals surface area contributed by atoms with Gasteiger partial charge in [-0.05, 0) is 36.7 Å². The highest BCUT2D eigenvalue weighted by Crippen LogP contribution is 2.35. The van der Waals surface area contributed by atoms with Gasteiger partial charge in [-0.15, -0.1) is 0 Å². The first-order chi connectivity index (χ1) is 10.6. The number of hydrogen-bond donors (Lipinski definition) is 1. The van der Waals surface area contributed by atoms with E-state index in [1.165, 1.54) is 5.56 Å². The molecule has 0 spiro atoms. The highest BCUT2D eigenvalue weighted by atomic mass is 16.3. The van der Waals surface area contributed by atoms with Crippen molar-refractivity contribution in [3.05, 3.63) is 35.9 Å². The fourth-order valence-corrected chi connectivity index (χ4v) is 4.17. The zero-order valence-electron chi connectivity index (χ0n) is 13.5. The van der Waals surface area contributed by atoms with Crippen LogP contribution in [-0.2, 0) is 4.79 Å². The van der Waals surface area contributed by atoms with Crippen molar-refractivity contribution in [2.45, 2.75) is 57.0 Å². The van der Waals surface area contributed by atoms with E-state index in [1.807, 2.05) is 4.90 Å².